The molecule has 0 aliphatic heterocycles. The Morgan fingerprint density at radius 2 is 1.65 bits per heavy atom. The number of unbranched alkanes of at least 4 members (excludes halogenated alkanes) is 4. The van der Waals surface area contributed by atoms with Crippen LogP contribution in [0.5, 0.6) is 0 Å². The number of rotatable bonds is 9. The molecule has 0 spiro atoms. The van der Waals surface area contributed by atoms with Crippen LogP contribution in [-0.4, -0.2) is 37.6 Å². The van der Waals surface area contributed by atoms with Crippen LogP contribution in [0.2, 0.25) is 0 Å². The molecule has 1 rings (SSSR count). The van der Waals surface area contributed by atoms with Gasteiger partial charge in [0.15, 0.2) is 0 Å². The minimum Gasteiger partial charge on any atom is -0.550 e. The zero-order chi connectivity index (χ0) is 15.0. The zero-order valence-corrected chi connectivity index (χ0v) is 13.7. The highest BCUT2D eigenvalue weighted by Crippen LogP contribution is 2.30. The minimum atomic E-state index is -0.840. The largest absolute Gasteiger partial charge is 0.550 e. The first-order valence-electron chi connectivity index (χ1n) is 8.47. The Morgan fingerprint density at radius 1 is 1.05 bits per heavy atom. The predicted octanol–water partition coefficient (Wildman–Crippen LogP) is 2.59. The predicted molar refractivity (Wildman–Crippen MR) is 81.1 cm³/mol. The quantitative estimate of drug-likeness (QED) is 0.482. The smallest absolute Gasteiger partial charge is 0.0811 e. The molecule has 0 bridgehead atoms. The molecule has 1 fully saturated rings. The van der Waals surface area contributed by atoms with E-state index >= 15 is 0 Å². The van der Waals surface area contributed by atoms with Crippen LogP contribution in [0.1, 0.15) is 64.7 Å². The summed E-state index contributed by atoms with van der Waals surface area (Å²) in [5.41, 5.74) is 0. The van der Waals surface area contributed by atoms with E-state index in [0.717, 1.165) is 30.2 Å². The van der Waals surface area contributed by atoms with Gasteiger partial charge in [-0.25, -0.2) is 0 Å². The lowest BCUT2D eigenvalue weighted by Gasteiger charge is -2.36. The molecule has 118 valence electrons. The molecule has 20 heavy (non-hydrogen) atoms. The van der Waals surface area contributed by atoms with Gasteiger partial charge in [-0.15, -0.1) is 0 Å². The highest BCUT2D eigenvalue weighted by molar-refractivity contribution is 5.67. The monoisotopic (exact) mass is 283 g/mol. The van der Waals surface area contributed by atoms with E-state index < -0.39 is 5.97 Å². The fourth-order valence-corrected chi connectivity index (χ4v) is 3.51. The molecule has 1 aliphatic rings. The average molecular weight is 283 g/mol. The standard InChI is InChI=1S/C17H33NO2/c1-4-5-6-7-8-13-18(2,3)14-15-9-11-16(12-10-15)17(19)20/h15-16H,4-14H2,1-3H3. The van der Waals surface area contributed by atoms with Gasteiger partial charge < -0.3 is 14.4 Å². The number of carboxylic acids is 1. The Bertz CT molecular complexity index is 281. The third kappa shape index (κ3) is 6.74. The number of quaternary nitrogens is 1. The molecule has 0 unspecified atom stereocenters. The van der Waals surface area contributed by atoms with E-state index in [-0.39, 0.29) is 5.92 Å². The van der Waals surface area contributed by atoms with Gasteiger partial charge >= 0.3 is 0 Å². The van der Waals surface area contributed by atoms with Gasteiger partial charge in [-0.3, -0.25) is 0 Å². The second-order valence-electron chi connectivity index (χ2n) is 7.29. The van der Waals surface area contributed by atoms with E-state index in [1.54, 1.807) is 0 Å². The van der Waals surface area contributed by atoms with Crippen molar-refractivity contribution in [2.45, 2.75) is 64.7 Å². The highest BCUT2D eigenvalue weighted by atomic mass is 16.4. The average Bonchev–Trinajstić information content (AvgIpc) is 2.38. The summed E-state index contributed by atoms with van der Waals surface area (Å²) < 4.78 is 1.09. The lowest BCUT2D eigenvalue weighted by Crippen LogP contribution is -2.45. The van der Waals surface area contributed by atoms with Crippen molar-refractivity contribution in [1.29, 1.82) is 0 Å². The first-order valence-corrected chi connectivity index (χ1v) is 8.47. The van der Waals surface area contributed by atoms with Gasteiger partial charge in [0.1, 0.15) is 0 Å². The van der Waals surface area contributed by atoms with Crippen LogP contribution >= 0.6 is 0 Å². The molecule has 1 saturated carbocycles. The number of hydrogen-bond donors (Lipinski definition) is 0. The van der Waals surface area contributed by atoms with Gasteiger partial charge in [-0.2, -0.15) is 0 Å². The first kappa shape index (κ1) is 17.5. The van der Waals surface area contributed by atoms with Crippen molar-refractivity contribution < 1.29 is 14.4 Å². The number of nitrogens with zero attached hydrogens (tertiary/aromatic N) is 1. The van der Waals surface area contributed by atoms with Crippen LogP contribution in [-0.2, 0) is 4.79 Å². The van der Waals surface area contributed by atoms with Crippen LogP contribution in [0.15, 0.2) is 0 Å². The Kier molecular flexibility index (Phi) is 7.57. The molecule has 0 heterocycles. The Balaban J connectivity index is 2.20. The van der Waals surface area contributed by atoms with Crippen LogP contribution in [0.4, 0.5) is 0 Å². The molecule has 0 aromatic carbocycles. The molecule has 0 amide bonds. The summed E-state index contributed by atoms with van der Waals surface area (Å²) in [6.07, 6.45) is 10.5. The summed E-state index contributed by atoms with van der Waals surface area (Å²) in [6.45, 7) is 4.71. The van der Waals surface area contributed by atoms with E-state index in [4.69, 9.17) is 0 Å². The van der Waals surface area contributed by atoms with Crippen molar-refractivity contribution in [2.75, 3.05) is 27.2 Å². The molecule has 3 heteroatoms. The van der Waals surface area contributed by atoms with Crippen LogP contribution in [0, 0.1) is 11.8 Å². The van der Waals surface area contributed by atoms with Gasteiger partial charge in [-0.05, 0) is 44.4 Å². The van der Waals surface area contributed by atoms with E-state index in [9.17, 15) is 9.90 Å². The molecule has 0 radical (unpaired) electrons. The van der Waals surface area contributed by atoms with Crippen molar-refractivity contribution in [3.63, 3.8) is 0 Å². The van der Waals surface area contributed by atoms with Gasteiger partial charge in [0.05, 0.1) is 27.2 Å². The van der Waals surface area contributed by atoms with Gasteiger partial charge in [0, 0.05) is 11.9 Å². The maximum Gasteiger partial charge on any atom is 0.0811 e. The van der Waals surface area contributed by atoms with E-state index in [1.807, 2.05) is 0 Å². The second kappa shape index (κ2) is 8.66. The van der Waals surface area contributed by atoms with Crippen molar-refractivity contribution in [1.82, 2.24) is 0 Å². The molecule has 0 N–H and O–H groups in total. The van der Waals surface area contributed by atoms with E-state index in [2.05, 4.69) is 21.0 Å². The normalized spacial score (nSPS) is 23.8. The van der Waals surface area contributed by atoms with E-state index in [1.165, 1.54) is 45.2 Å². The van der Waals surface area contributed by atoms with Crippen LogP contribution in [0.25, 0.3) is 0 Å². The SMILES string of the molecule is CCCCCCC[N+](C)(C)CC1CCC(C(=O)[O-])CC1. The molecular weight excluding hydrogens is 250 g/mol. The van der Waals surface area contributed by atoms with Crippen LogP contribution in [0.3, 0.4) is 0 Å². The van der Waals surface area contributed by atoms with E-state index in [0.29, 0.717) is 5.92 Å². The van der Waals surface area contributed by atoms with Crippen molar-refractivity contribution >= 4 is 5.97 Å². The summed E-state index contributed by atoms with van der Waals surface area (Å²) in [4.78, 5) is 10.9. The number of hydrogen-bond acceptors (Lipinski definition) is 2. The molecule has 0 atom stereocenters. The third-order valence-corrected chi connectivity index (χ3v) is 4.80. The summed E-state index contributed by atoms with van der Waals surface area (Å²) in [5, 5.41) is 10.9. The maximum absolute atomic E-state index is 10.9. The van der Waals surface area contributed by atoms with Crippen molar-refractivity contribution in [3.05, 3.63) is 0 Å². The summed E-state index contributed by atoms with van der Waals surface area (Å²) >= 11 is 0. The number of carbonyl (C=O) groups excluding carboxylic acids is 1. The second-order valence-corrected chi connectivity index (χ2v) is 7.29. The van der Waals surface area contributed by atoms with Gasteiger partial charge in [0.2, 0.25) is 0 Å². The van der Waals surface area contributed by atoms with Crippen molar-refractivity contribution in [2.24, 2.45) is 11.8 Å². The zero-order valence-electron chi connectivity index (χ0n) is 13.7. The Hall–Kier alpha value is -0.570. The Labute approximate surface area is 124 Å². The van der Waals surface area contributed by atoms with Crippen molar-refractivity contribution in [3.8, 4) is 0 Å². The molecule has 0 saturated heterocycles. The number of carboxylic acid groups (broad SMARTS) is 1. The molecule has 0 aromatic rings. The molecule has 0 aromatic heterocycles. The lowest BCUT2D eigenvalue weighted by atomic mass is 9.81. The Morgan fingerprint density at radius 3 is 2.20 bits per heavy atom. The molecular formula is C17H33NO2. The first-order chi connectivity index (χ1) is 9.44. The van der Waals surface area contributed by atoms with Crippen LogP contribution < -0.4 is 5.11 Å². The molecule has 3 nitrogen and oxygen atoms in total. The highest BCUT2D eigenvalue weighted by Gasteiger charge is 2.27. The van der Waals surface area contributed by atoms with Gasteiger partial charge in [-0.1, -0.05) is 26.2 Å². The number of aliphatic carboxylic acids is 1. The van der Waals surface area contributed by atoms with Gasteiger partial charge in [0.25, 0.3) is 0 Å². The fourth-order valence-electron chi connectivity index (χ4n) is 3.51. The third-order valence-electron chi connectivity index (χ3n) is 4.80. The minimum absolute atomic E-state index is 0.184. The summed E-state index contributed by atoms with van der Waals surface area (Å²) in [7, 11) is 4.65. The maximum atomic E-state index is 10.9. The summed E-state index contributed by atoms with van der Waals surface area (Å²) in [5.74, 6) is -0.319. The lowest BCUT2D eigenvalue weighted by molar-refractivity contribution is -0.894. The molecule has 1 aliphatic carbocycles. The topological polar surface area (TPSA) is 40.1 Å². The fraction of sp³-hybridized carbons (Fsp3) is 0.941. The number of carbonyl (C=O) groups is 1. The summed E-state index contributed by atoms with van der Waals surface area (Å²) in [6, 6.07) is 0.